The summed E-state index contributed by atoms with van der Waals surface area (Å²) in [5, 5.41) is 10.5. The molecule has 0 saturated heterocycles. The fraction of sp³-hybridized carbons (Fsp3) is 0.308. The van der Waals surface area contributed by atoms with E-state index < -0.39 is 0 Å². The van der Waals surface area contributed by atoms with Crippen LogP contribution in [0.3, 0.4) is 0 Å². The fourth-order valence-corrected chi connectivity index (χ4v) is 1.96. The number of anilines is 1. The van der Waals surface area contributed by atoms with Crippen LogP contribution in [0, 0.1) is 0 Å². The number of benzene rings is 1. The average Bonchev–Trinajstić information content (AvgIpc) is 2.31. The normalized spacial score (nSPS) is 10.6. The van der Waals surface area contributed by atoms with Gasteiger partial charge in [0.15, 0.2) is 0 Å². The van der Waals surface area contributed by atoms with E-state index in [1.54, 1.807) is 12.1 Å². The van der Waals surface area contributed by atoms with Crippen molar-refractivity contribution in [3.8, 4) is 5.75 Å². The predicted molar refractivity (Wildman–Crippen MR) is 67.0 cm³/mol. The largest absolute Gasteiger partial charge is 0.508 e. The van der Waals surface area contributed by atoms with Crippen molar-refractivity contribution in [1.82, 2.24) is 4.98 Å². The third-order valence-corrected chi connectivity index (χ3v) is 2.81. The van der Waals surface area contributed by atoms with Crippen LogP contribution >= 0.6 is 0 Å². The average molecular weight is 216 g/mol. The fourth-order valence-electron chi connectivity index (χ4n) is 1.96. The van der Waals surface area contributed by atoms with Gasteiger partial charge in [0.1, 0.15) is 5.75 Å². The Balaban J connectivity index is 2.64. The van der Waals surface area contributed by atoms with Crippen molar-refractivity contribution in [2.75, 3.05) is 18.0 Å². The highest BCUT2D eigenvalue weighted by Crippen LogP contribution is 2.27. The van der Waals surface area contributed by atoms with Crippen LogP contribution in [0.2, 0.25) is 0 Å². The third kappa shape index (κ3) is 1.81. The SMILES string of the molecule is CCN(CC)c1ccnc2ccc(O)cc12. The second-order valence-corrected chi connectivity index (χ2v) is 3.70. The highest BCUT2D eigenvalue weighted by molar-refractivity contribution is 5.92. The van der Waals surface area contributed by atoms with E-state index in [9.17, 15) is 5.11 Å². The first-order valence-corrected chi connectivity index (χ1v) is 5.59. The molecule has 3 nitrogen and oxygen atoms in total. The van der Waals surface area contributed by atoms with E-state index in [2.05, 4.69) is 23.7 Å². The van der Waals surface area contributed by atoms with Crippen molar-refractivity contribution in [3.05, 3.63) is 30.5 Å². The monoisotopic (exact) mass is 216 g/mol. The first-order valence-electron chi connectivity index (χ1n) is 5.59. The molecule has 0 aliphatic carbocycles. The molecule has 0 amide bonds. The summed E-state index contributed by atoms with van der Waals surface area (Å²) in [6.45, 7) is 6.15. The third-order valence-electron chi connectivity index (χ3n) is 2.81. The molecule has 0 radical (unpaired) electrons. The maximum atomic E-state index is 9.54. The molecule has 1 N–H and O–H groups in total. The van der Waals surface area contributed by atoms with Gasteiger partial charge < -0.3 is 10.0 Å². The van der Waals surface area contributed by atoms with Crippen molar-refractivity contribution in [2.24, 2.45) is 0 Å². The van der Waals surface area contributed by atoms with Gasteiger partial charge in [0.2, 0.25) is 0 Å². The van der Waals surface area contributed by atoms with Crippen LogP contribution in [0.25, 0.3) is 10.9 Å². The van der Waals surface area contributed by atoms with E-state index in [-0.39, 0.29) is 5.75 Å². The lowest BCUT2D eigenvalue weighted by Crippen LogP contribution is -2.22. The number of hydrogen-bond acceptors (Lipinski definition) is 3. The molecule has 16 heavy (non-hydrogen) atoms. The molecule has 1 aromatic carbocycles. The molecule has 1 aromatic heterocycles. The number of fused-ring (bicyclic) bond motifs is 1. The van der Waals surface area contributed by atoms with Gasteiger partial charge in [-0.25, -0.2) is 0 Å². The van der Waals surface area contributed by atoms with Crippen molar-refractivity contribution >= 4 is 16.6 Å². The van der Waals surface area contributed by atoms with Crippen molar-refractivity contribution < 1.29 is 5.11 Å². The molecule has 0 atom stereocenters. The van der Waals surface area contributed by atoms with Gasteiger partial charge in [0.05, 0.1) is 5.52 Å². The quantitative estimate of drug-likeness (QED) is 0.857. The molecular weight excluding hydrogens is 200 g/mol. The van der Waals surface area contributed by atoms with E-state index in [1.807, 2.05) is 18.3 Å². The maximum absolute atomic E-state index is 9.54. The summed E-state index contributed by atoms with van der Waals surface area (Å²) in [5.41, 5.74) is 2.05. The Kier molecular flexibility index (Phi) is 2.95. The number of aromatic hydroxyl groups is 1. The van der Waals surface area contributed by atoms with Gasteiger partial charge in [-0.1, -0.05) is 0 Å². The van der Waals surface area contributed by atoms with Crippen LogP contribution < -0.4 is 4.90 Å². The van der Waals surface area contributed by atoms with Crippen LogP contribution in [0.4, 0.5) is 5.69 Å². The molecule has 0 aliphatic heterocycles. The van der Waals surface area contributed by atoms with Crippen LogP contribution in [-0.2, 0) is 0 Å². The number of pyridine rings is 1. The van der Waals surface area contributed by atoms with Gasteiger partial charge in [-0.15, -0.1) is 0 Å². The maximum Gasteiger partial charge on any atom is 0.116 e. The molecule has 0 fully saturated rings. The Hall–Kier alpha value is -1.77. The van der Waals surface area contributed by atoms with Crippen molar-refractivity contribution in [3.63, 3.8) is 0 Å². The Labute approximate surface area is 95.3 Å². The highest BCUT2D eigenvalue weighted by Gasteiger charge is 2.07. The van der Waals surface area contributed by atoms with E-state index >= 15 is 0 Å². The Morgan fingerprint density at radius 3 is 2.62 bits per heavy atom. The van der Waals surface area contributed by atoms with Gasteiger partial charge in [0, 0.05) is 30.4 Å². The second-order valence-electron chi connectivity index (χ2n) is 3.70. The molecular formula is C13H16N2O. The molecule has 3 heteroatoms. The van der Waals surface area contributed by atoms with E-state index in [4.69, 9.17) is 0 Å². The number of phenols is 1. The standard InChI is InChI=1S/C13H16N2O/c1-3-15(4-2)13-7-8-14-12-6-5-10(16)9-11(12)13/h5-9,16H,3-4H2,1-2H3. The minimum absolute atomic E-state index is 0.286. The summed E-state index contributed by atoms with van der Waals surface area (Å²) in [6, 6.07) is 7.28. The number of aromatic nitrogens is 1. The smallest absolute Gasteiger partial charge is 0.116 e. The zero-order valence-electron chi connectivity index (χ0n) is 9.64. The zero-order valence-corrected chi connectivity index (χ0v) is 9.64. The summed E-state index contributed by atoms with van der Waals surface area (Å²) < 4.78 is 0. The summed E-state index contributed by atoms with van der Waals surface area (Å²) >= 11 is 0. The molecule has 0 spiro atoms. The molecule has 1 heterocycles. The second kappa shape index (κ2) is 4.39. The molecule has 0 bridgehead atoms. The number of rotatable bonds is 3. The van der Waals surface area contributed by atoms with E-state index in [1.165, 1.54) is 0 Å². The number of hydrogen-bond donors (Lipinski definition) is 1. The van der Waals surface area contributed by atoms with Gasteiger partial charge in [-0.3, -0.25) is 4.98 Å². The molecule has 0 unspecified atom stereocenters. The lowest BCUT2D eigenvalue weighted by Gasteiger charge is -2.22. The molecule has 2 aromatic rings. The topological polar surface area (TPSA) is 36.4 Å². The minimum atomic E-state index is 0.286. The number of phenolic OH excluding ortho intramolecular Hbond substituents is 1. The van der Waals surface area contributed by atoms with Crippen LogP contribution in [-0.4, -0.2) is 23.2 Å². The summed E-state index contributed by atoms with van der Waals surface area (Å²) in [6.07, 6.45) is 1.81. The molecule has 0 aliphatic rings. The zero-order chi connectivity index (χ0) is 11.5. The minimum Gasteiger partial charge on any atom is -0.508 e. The van der Waals surface area contributed by atoms with Gasteiger partial charge in [0.25, 0.3) is 0 Å². The first kappa shape index (κ1) is 10.7. The lowest BCUT2D eigenvalue weighted by atomic mass is 10.1. The molecule has 0 saturated carbocycles. The van der Waals surface area contributed by atoms with Gasteiger partial charge >= 0.3 is 0 Å². The lowest BCUT2D eigenvalue weighted by molar-refractivity contribution is 0.476. The highest BCUT2D eigenvalue weighted by atomic mass is 16.3. The Morgan fingerprint density at radius 1 is 1.19 bits per heavy atom. The van der Waals surface area contributed by atoms with Crippen LogP contribution in [0.1, 0.15) is 13.8 Å². The Morgan fingerprint density at radius 2 is 1.94 bits per heavy atom. The van der Waals surface area contributed by atoms with E-state index in [0.29, 0.717) is 0 Å². The summed E-state index contributed by atoms with van der Waals surface area (Å²) in [5.74, 6) is 0.286. The van der Waals surface area contributed by atoms with Gasteiger partial charge in [-0.05, 0) is 38.1 Å². The molecule has 84 valence electrons. The summed E-state index contributed by atoms with van der Waals surface area (Å²) in [7, 11) is 0. The van der Waals surface area contributed by atoms with Gasteiger partial charge in [-0.2, -0.15) is 0 Å². The van der Waals surface area contributed by atoms with Crippen LogP contribution in [0.5, 0.6) is 5.75 Å². The van der Waals surface area contributed by atoms with Crippen LogP contribution in [0.15, 0.2) is 30.5 Å². The predicted octanol–water partition coefficient (Wildman–Crippen LogP) is 2.79. The number of nitrogens with zero attached hydrogens (tertiary/aromatic N) is 2. The molecule has 2 rings (SSSR count). The van der Waals surface area contributed by atoms with Crippen molar-refractivity contribution in [1.29, 1.82) is 0 Å². The van der Waals surface area contributed by atoms with Crippen molar-refractivity contribution in [2.45, 2.75) is 13.8 Å². The Bertz CT molecular complexity index is 492. The first-order chi connectivity index (χ1) is 7.76. The summed E-state index contributed by atoms with van der Waals surface area (Å²) in [4.78, 5) is 6.55. The van der Waals surface area contributed by atoms with E-state index in [0.717, 1.165) is 29.7 Å².